The SMILES string of the molecule is CC(=O)/C(C(N)=Nc1ccccc1)=C(/C)O. The largest absolute Gasteiger partial charge is 0.512 e. The summed E-state index contributed by atoms with van der Waals surface area (Å²) in [6, 6.07) is 9.01. The summed E-state index contributed by atoms with van der Waals surface area (Å²) >= 11 is 0. The molecule has 0 unspecified atom stereocenters. The summed E-state index contributed by atoms with van der Waals surface area (Å²) in [5, 5.41) is 9.33. The minimum atomic E-state index is -0.308. The van der Waals surface area contributed by atoms with Gasteiger partial charge in [0.25, 0.3) is 0 Å². The summed E-state index contributed by atoms with van der Waals surface area (Å²) in [6.45, 7) is 2.74. The third kappa shape index (κ3) is 2.95. The number of hydrogen-bond donors (Lipinski definition) is 2. The predicted molar refractivity (Wildman–Crippen MR) is 63.7 cm³/mol. The lowest BCUT2D eigenvalue weighted by Gasteiger charge is -2.04. The molecule has 84 valence electrons. The first-order valence-corrected chi connectivity index (χ1v) is 4.82. The quantitative estimate of drug-likeness (QED) is 0.353. The van der Waals surface area contributed by atoms with Gasteiger partial charge in [-0.3, -0.25) is 4.79 Å². The van der Waals surface area contributed by atoms with Crippen molar-refractivity contribution in [3.05, 3.63) is 41.7 Å². The zero-order chi connectivity index (χ0) is 12.1. The second kappa shape index (κ2) is 5.11. The molecular formula is C12H14N2O2. The highest BCUT2D eigenvalue weighted by Gasteiger charge is 2.12. The van der Waals surface area contributed by atoms with Gasteiger partial charge in [0.1, 0.15) is 11.6 Å². The van der Waals surface area contributed by atoms with Gasteiger partial charge in [-0.15, -0.1) is 0 Å². The number of hydrogen-bond acceptors (Lipinski definition) is 3. The van der Waals surface area contributed by atoms with E-state index in [0.717, 1.165) is 0 Å². The topological polar surface area (TPSA) is 75.7 Å². The molecule has 0 bridgehead atoms. The molecule has 0 atom stereocenters. The Morgan fingerprint density at radius 1 is 1.25 bits per heavy atom. The van der Waals surface area contributed by atoms with Crippen molar-refractivity contribution in [1.82, 2.24) is 0 Å². The number of aliphatic hydroxyl groups is 1. The third-order valence-corrected chi connectivity index (χ3v) is 1.98. The zero-order valence-electron chi connectivity index (χ0n) is 9.27. The minimum Gasteiger partial charge on any atom is -0.512 e. The molecule has 0 fully saturated rings. The van der Waals surface area contributed by atoms with Crippen molar-refractivity contribution in [2.24, 2.45) is 10.7 Å². The third-order valence-electron chi connectivity index (χ3n) is 1.98. The number of Topliss-reactive ketones (excluding diaryl/α,β-unsaturated/α-hetero) is 1. The van der Waals surface area contributed by atoms with Gasteiger partial charge in [0.15, 0.2) is 5.78 Å². The smallest absolute Gasteiger partial charge is 0.166 e. The van der Waals surface area contributed by atoms with Gasteiger partial charge in [0.05, 0.1) is 11.3 Å². The van der Waals surface area contributed by atoms with E-state index in [4.69, 9.17) is 5.73 Å². The molecule has 0 saturated heterocycles. The van der Waals surface area contributed by atoms with Gasteiger partial charge >= 0.3 is 0 Å². The first-order valence-electron chi connectivity index (χ1n) is 4.82. The number of nitrogens with zero attached hydrogens (tertiary/aromatic N) is 1. The van der Waals surface area contributed by atoms with E-state index in [1.54, 1.807) is 12.1 Å². The maximum atomic E-state index is 11.2. The molecule has 0 heterocycles. The van der Waals surface area contributed by atoms with E-state index < -0.39 is 0 Å². The van der Waals surface area contributed by atoms with Crippen molar-refractivity contribution in [3.8, 4) is 0 Å². The van der Waals surface area contributed by atoms with E-state index in [1.165, 1.54) is 13.8 Å². The van der Waals surface area contributed by atoms with Crippen LogP contribution in [-0.4, -0.2) is 16.7 Å². The van der Waals surface area contributed by atoms with Crippen molar-refractivity contribution in [3.63, 3.8) is 0 Å². The van der Waals surface area contributed by atoms with Crippen LogP contribution in [0.5, 0.6) is 0 Å². The van der Waals surface area contributed by atoms with Crippen LogP contribution in [0.4, 0.5) is 5.69 Å². The highest BCUT2D eigenvalue weighted by atomic mass is 16.3. The van der Waals surface area contributed by atoms with Crippen molar-refractivity contribution < 1.29 is 9.90 Å². The summed E-state index contributed by atoms with van der Waals surface area (Å²) in [7, 11) is 0. The fraction of sp³-hybridized carbons (Fsp3) is 0.167. The molecule has 1 aromatic carbocycles. The van der Waals surface area contributed by atoms with Gasteiger partial charge in [0.2, 0.25) is 0 Å². The van der Waals surface area contributed by atoms with E-state index in [-0.39, 0.29) is 23.0 Å². The van der Waals surface area contributed by atoms with Gasteiger partial charge in [0, 0.05) is 0 Å². The Morgan fingerprint density at radius 3 is 2.25 bits per heavy atom. The highest BCUT2D eigenvalue weighted by molar-refractivity contribution is 6.20. The summed E-state index contributed by atoms with van der Waals surface area (Å²) in [5.74, 6) is -0.402. The standard InChI is InChI=1S/C12H14N2O2/c1-8(15)11(9(2)16)12(13)14-10-6-4-3-5-7-10/h3-7,15H,1-2H3,(H2,13,14)/b11-8+. The number of aliphatic imine (C=N–C) groups is 1. The maximum Gasteiger partial charge on any atom is 0.166 e. The fourth-order valence-electron chi connectivity index (χ4n) is 1.32. The molecule has 0 aliphatic heterocycles. The molecule has 16 heavy (non-hydrogen) atoms. The summed E-state index contributed by atoms with van der Waals surface area (Å²) < 4.78 is 0. The van der Waals surface area contributed by atoms with E-state index in [1.807, 2.05) is 18.2 Å². The first-order chi connectivity index (χ1) is 7.52. The van der Waals surface area contributed by atoms with Crippen LogP contribution in [-0.2, 0) is 4.79 Å². The van der Waals surface area contributed by atoms with Gasteiger partial charge in [-0.25, -0.2) is 4.99 Å². The lowest BCUT2D eigenvalue weighted by atomic mass is 10.1. The monoisotopic (exact) mass is 218 g/mol. The van der Waals surface area contributed by atoms with Crippen LogP contribution in [0.15, 0.2) is 46.7 Å². The van der Waals surface area contributed by atoms with Crippen molar-refractivity contribution in [2.75, 3.05) is 0 Å². The highest BCUT2D eigenvalue weighted by Crippen LogP contribution is 2.12. The Labute approximate surface area is 94.1 Å². The van der Waals surface area contributed by atoms with Gasteiger partial charge in [-0.2, -0.15) is 0 Å². The Morgan fingerprint density at radius 2 is 1.81 bits per heavy atom. The minimum absolute atomic E-state index is 0.0266. The van der Waals surface area contributed by atoms with Crippen LogP contribution in [0, 0.1) is 0 Å². The van der Waals surface area contributed by atoms with Crippen LogP contribution < -0.4 is 5.73 Å². The molecule has 0 aliphatic carbocycles. The van der Waals surface area contributed by atoms with Crippen LogP contribution in [0.1, 0.15) is 13.8 Å². The number of carbonyl (C=O) groups is 1. The lowest BCUT2D eigenvalue weighted by Crippen LogP contribution is -2.21. The molecule has 0 radical (unpaired) electrons. The molecule has 0 amide bonds. The summed E-state index contributed by atoms with van der Waals surface area (Å²) in [5.41, 5.74) is 6.36. The number of nitrogens with two attached hydrogens (primary N) is 1. The molecule has 0 spiro atoms. The molecule has 4 nitrogen and oxygen atoms in total. The molecular weight excluding hydrogens is 204 g/mol. The normalized spacial score (nSPS) is 13.2. The second-order valence-electron chi connectivity index (χ2n) is 3.35. The van der Waals surface area contributed by atoms with Crippen LogP contribution in [0.2, 0.25) is 0 Å². The molecule has 3 N–H and O–H groups in total. The number of benzene rings is 1. The number of amidine groups is 1. The predicted octanol–water partition coefficient (Wildman–Crippen LogP) is 2.10. The van der Waals surface area contributed by atoms with Crippen molar-refractivity contribution in [1.29, 1.82) is 0 Å². The number of para-hydroxylation sites is 1. The number of rotatable bonds is 3. The van der Waals surface area contributed by atoms with Gasteiger partial charge in [-0.1, -0.05) is 18.2 Å². The summed E-state index contributed by atoms with van der Waals surface area (Å²) in [4.78, 5) is 15.3. The number of ketones is 1. The molecule has 1 rings (SSSR count). The lowest BCUT2D eigenvalue weighted by molar-refractivity contribution is -0.113. The Bertz CT molecular complexity index is 443. The number of allylic oxidation sites excluding steroid dienone is 1. The number of aliphatic hydroxyl groups excluding tert-OH is 1. The fourth-order valence-corrected chi connectivity index (χ4v) is 1.32. The molecule has 0 aliphatic rings. The van der Waals surface area contributed by atoms with Crippen LogP contribution in [0.3, 0.4) is 0 Å². The van der Waals surface area contributed by atoms with Crippen molar-refractivity contribution >= 4 is 17.3 Å². The zero-order valence-corrected chi connectivity index (χ0v) is 9.27. The van der Waals surface area contributed by atoms with Gasteiger partial charge < -0.3 is 10.8 Å². The summed E-state index contributed by atoms with van der Waals surface area (Å²) in [6.07, 6.45) is 0. The first kappa shape index (κ1) is 12.0. The van der Waals surface area contributed by atoms with Gasteiger partial charge in [-0.05, 0) is 26.0 Å². The average Bonchev–Trinajstić information content (AvgIpc) is 2.17. The van der Waals surface area contributed by atoms with E-state index >= 15 is 0 Å². The van der Waals surface area contributed by atoms with Crippen molar-refractivity contribution in [2.45, 2.75) is 13.8 Å². The Hall–Kier alpha value is -2.10. The number of carbonyl (C=O) groups excluding carboxylic acids is 1. The van der Waals surface area contributed by atoms with E-state index in [2.05, 4.69) is 4.99 Å². The molecule has 0 saturated carbocycles. The average molecular weight is 218 g/mol. The van der Waals surface area contributed by atoms with Crippen LogP contribution >= 0.6 is 0 Å². The van der Waals surface area contributed by atoms with Crippen LogP contribution in [0.25, 0.3) is 0 Å². The molecule has 4 heteroatoms. The molecule has 0 aromatic heterocycles. The molecule has 1 aromatic rings. The van der Waals surface area contributed by atoms with E-state index in [9.17, 15) is 9.90 Å². The Balaban J connectivity index is 3.11. The Kier molecular flexibility index (Phi) is 3.83. The second-order valence-corrected chi connectivity index (χ2v) is 3.35. The maximum absolute atomic E-state index is 11.2. The van der Waals surface area contributed by atoms with E-state index in [0.29, 0.717) is 5.69 Å².